The van der Waals surface area contributed by atoms with Crippen LogP contribution in [-0.4, -0.2) is 79.6 Å². The second kappa shape index (κ2) is 14.3. The molecule has 14 nitrogen and oxygen atoms in total. The quantitative estimate of drug-likeness (QED) is 0.144. The summed E-state index contributed by atoms with van der Waals surface area (Å²) in [7, 11) is 0. The highest BCUT2D eigenvalue weighted by atomic mass is 16.2. The van der Waals surface area contributed by atoms with Gasteiger partial charge in [-0.1, -0.05) is 13.8 Å². The normalized spacial score (nSPS) is 12.0. The average Bonchev–Trinajstić information content (AvgIpc) is 2.70. The summed E-state index contributed by atoms with van der Waals surface area (Å²) in [5.41, 5.74) is 4.89. The van der Waals surface area contributed by atoms with Crippen LogP contribution < -0.4 is 37.6 Å². The van der Waals surface area contributed by atoms with Crippen molar-refractivity contribution in [1.82, 2.24) is 31.9 Å². The topological polar surface area (TPSA) is 218 Å². The summed E-state index contributed by atoms with van der Waals surface area (Å²) in [6.07, 6.45) is 0. The van der Waals surface area contributed by atoms with Crippen molar-refractivity contribution in [3.05, 3.63) is 0 Å². The van der Waals surface area contributed by atoms with Gasteiger partial charge in [0.05, 0.1) is 26.2 Å². The van der Waals surface area contributed by atoms with Crippen LogP contribution in [0.3, 0.4) is 0 Å². The van der Waals surface area contributed by atoms with Gasteiger partial charge in [-0.3, -0.25) is 33.6 Å². The number of hydrogen-bond acceptors (Lipinski definition) is 7. The summed E-state index contributed by atoms with van der Waals surface area (Å²) < 4.78 is 0. The van der Waals surface area contributed by atoms with Crippen molar-refractivity contribution in [2.45, 2.75) is 39.8 Å². The van der Waals surface area contributed by atoms with E-state index in [1.807, 2.05) is 0 Å². The molecule has 0 aromatic rings. The molecular formula is C18H31N7O7. The molecule has 0 fully saturated rings. The molecule has 2 atom stereocenters. The lowest BCUT2D eigenvalue weighted by atomic mass is 10.0. The van der Waals surface area contributed by atoms with Crippen molar-refractivity contribution in [2.24, 2.45) is 11.7 Å². The molecule has 32 heavy (non-hydrogen) atoms. The first-order valence-electron chi connectivity index (χ1n) is 9.77. The molecule has 8 N–H and O–H groups in total. The molecule has 0 heterocycles. The summed E-state index contributed by atoms with van der Waals surface area (Å²) in [5, 5.41) is 14.0. The van der Waals surface area contributed by atoms with Gasteiger partial charge in [0.1, 0.15) is 12.1 Å². The van der Waals surface area contributed by atoms with Gasteiger partial charge in [-0.05, 0) is 12.8 Å². The lowest BCUT2D eigenvalue weighted by Crippen LogP contribution is -2.56. The van der Waals surface area contributed by atoms with E-state index in [0.29, 0.717) is 0 Å². The van der Waals surface area contributed by atoms with Crippen LogP contribution in [0.1, 0.15) is 27.7 Å². The second-order valence-corrected chi connectivity index (χ2v) is 7.17. The highest BCUT2D eigenvalue weighted by Crippen LogP contribution is 2.02. The van der Waals surface area contributed by atoms with Gasteiger partial charge in [0.2, 0.25) is 41.4 Å². The minimum Gasteiger partial charge on any atom is -0.368 e. The molecule has 7 amide bonds. The zero-order chi connectivity index (χ0) is 24.8. The monoisotopic (exact) mass is 457 g/mol. The van der Waals surface area contributed by atoms with E-state index in [2.05, 4.69) is 31.9 Å². The molecule has 0 aromatic carbocycles. The Morgan fingerprint density at radius 2 is 1.16 bits per heavy atom. The minimum absolute atomic E-state index is 0.288. The average molecular weight is 457 g/mol. The Labute approximate surface area is 185 Å². The summed E-state index contributed by atoms with van der Waals surface area (Å²) in [5.74, 6) is -4.63. The first-order valence-corrected chi connectivity index (χ1v) is 9.77. The van der Waals surface area contributed by atoms with Gasteiger partial charge in [-0.2, -0.15) is 0 Å². The molecule has 0 rings (SSSR count). The van der Waals surface area contributed by atoms with Gasteiger partial charge in [0, 0.05) is 6.92 Å². The fourth-order valence-electron chi connectivity index (χ4n) is 2.14. The third kappa shape index (κ3) is 12.8. The Bertz CT molecular complexity index is 739. The second-order valence-electron chi connectivity index (χ2n) is 7.17. The number of hydrogen-bond donors (Lipinski definition) is 7. The number of carbonyl (C=O) groups excluding carboxylic acids is 7. The lowest BCUT2D eigenvalue weighted by molar-refractivity contribution is -0.133. The summed E-state index contributed by atoms with van der Waals surface area (Å²) >= 11 is 0. The molecular weight excluding hydrogens is 426 g/mol. The van der Waals surface area contributed by atoms with Crippen LogP contribution in [-0.2, 0) is 33.6 Å². The van der Waals surface area contributed by atoms with E-state index >= 15 is 0 Å². The van der Waals surface area contributed by atoms with Crippen molar-refractivity contribution in [3.63, 3.8) is 0 Å². The van der Waals surface area contributed by atoms with Gasteiger partial charge in [-0.25, -0.2) is 0 Å². The van der Waals surface area contributed by atoms with Gasteiger partial charge in [0.25, 0.3) is 0 Å². The maximum Gasteiger partial charge on any atom is 0.243 e. The molecule has 0 aliphatic heterocycles. The Morgan fingerprint density at radius 3 is 1.66 bits per heavy atom. The van der Waals surface area contributed by atoms with Crippen molar-refractivity contribution in [1.29, 1.82) is 0 Å². The highest BCUT2D eigenvalue weighted by molar-refractivity contribution is 5.94. The Balaban J connectivity index is 4.59. The van der Waals surface area contributed by atoms with Gasteiger partial charge < -0.3 is 37.6 Å². The van der Waals surface area contributed by atoms with Crippen molar-refractivity contribution in [2.75, 3.05) is 26.2 Å². The predicted octanol–water partition coefficient (Wildman–Crippen LogP) is -4.40. The SMILES string of the molecule is CC(=O)NCC(=O)NCC(=O)N[C@H](C(=O)N[C@@H](C)C(=O)NCC(=O)NCC(N)=O)C(C)C. The summed E-state index contributed by atoms with van der Waals surface area (Å²) in [6.45, 7) is 4.48. The first-order chi connectivity index (χ1) is 14.8. The van der Waals surface area contributed by atoms with Gasteiger partial charge >= 0.3 is 0 Å². The van der Waals surface area contributed by atoms with Crippen LogP contribution in [0.15, 0.2) is 0 Å². The Hall–Kier alpha value is -3.71. The van der Waals surface area contributed by atoms with Crippen LogP contribution >= 0.6 is 0 Å². The molecule has 0 radical (unpaired) electrons. The molecule has 0 saturated heterocycles. The van der Waals surface area contributed by atoms with Gasteiger partial charge in [0.15, 0.2) is 0 Å². The number of amides is 7. The standard InChI is InChI=1S/C18H31N7O7/c1-9(2)16(25-15(30)8-22-13(28)6-20-11(4)26)18(32)24-10(3)17(31)23-7-14(29)21-5-12(19)27/h9-10,16H,5-8H2,1-4H3,(H2,19,27)(H,20,26)(H,21,29)(H,22,28)(H,23,31)(H,24,32)(H,25,30)/t10-,16-/m0/s1. The first kappa shape index (κ1) is 28.3. The predicted molar refractivity (Wildman–Crippen MR) is 111 cm³/mol. The molecule has 0 aliphatic rings. The number of nitrogens with one attached hydrogen (secondary N) is 6. The minimum atomic E-state index is -1.03. The zero-order valence-corrected chi connectivity index (χ0v) is 18.5. The van der Waals surface area contributed by atoms with Crippen LogP contribution in [0.2, 0.25) is 0 Å². The van der Waals surface area contributed by atoms with E-state index in [4.69, 9.17) is 5.73 Å². The Morgan fingerprint density at radius 1 is 0.656 bits per heavy atom. The summed E-state index contributed by atoms with van der Waals surface area (Å²) in [6, 6.07) is -2.02. The van der Waals surface area contributed by atoms with Crippen LogP contribution in [0, 0.1) is 5.92 Å². The highest BCUT2D eigenvalue weighted by Gasteiger charge is 2.27. The Kier molecular flexibility index (Phi) is 12.7. The molecule has 180 valence electrons. The van der Waals surface area contributed by atoms with E-state index < -0.39 is 66.5 Å². The van der Waals surface area contributed by atoms with E-state index in [-0.39, 0.29) is 19.0 Å². The van der Waals surface area contributed by atoms with Crippen molar-refractivity contribution < 1.29 is 33.6 Å². The maximum atomic E-state index is 12.5. The number of rotatable bonds is 13. The number of primary amides is 1. The smallest absolute Gasteiger partial charge is 0.243 e. The van der Waals surface area contributed by atoms with E-state index in [0.717, 1.165) is 0 Å². The fraction of sp³-hybridized carbons (Fsp3) is 0.611. The van der Waals surface area contributed by atoms with E-state index in [1.165, 1.54) is 13.8 Å². The molecule has 0 bridgehead atoms. The third-order valence-electron chi connectivity index (χ3n) is 3.84. The number of nitrogens with two attached hydrogens (primary N) is 1. The van der Waals surface area contributed by atoms with E-state index in [1.54, 1.807) is 13.8 Å². The molecule has 0 unspecified atom stereocenters. The molecule has 0 spiro atoms. The lowest BCUT2D eigenvalue weighted by Gasteiger charge is -2.24. The van der Waals surface area contributed by atoms with Gasteiger partial charge in [-0.15, -0.1) is 0 Å². The van der Waals surface area contributed by atoms with Crippen LogP contribution in [0.4, 0.5) is 0 Å². The molecule has 0 aliphatic carbocycles. The largest absolute Gasteiger partial charge is 0.368 e. The molecule has 14 heteroatoms. The van der Waals surface area contributed by atoms with Crippen LogP contribution in [0.5, 0.6) is 0 Å². The van der Waals surface area contributed by atoms with Crippen LogP contribution in [0.25, 0.3) is 0 Å². The third-order valence-corrected chi connectivity index (χ3v) is 3.84. The molecule has 0 aromatic heterocycles. The zero-order valence-electron chi connectivity index (χ0n) is 18.5. The molecule has 0 saturated carbocycles. The fourth-order valence-corrected chi connectivity index (χ4v) is 2.14. The van der Waals surface area contributed by atoms with Crippen molar-refractivity contribution >= 4 is 41.4 Å². The maximum absolute atomic E-state index is 12.5. The van der Waals surface area contributed by atoms with E-state index in [9.17, 15) is 33.6 Å². The van der Waals surface area contributed by atoms with Crippen molar-refractivity contribution in [3.8, 4) is 0 Å². The summed E-state index contributed by atoms with van der Waals surface area (Å²) in [4.78, 5) is 81.0. The number of carbonyl (C=O) groups is 7.